The van der Waals surface area contributed by atoms with E-state index in [1.807, 2.05) is 4.90 Å². The fourth-order valence-electron chi connectivity index (χ4n) is 2.76. The van der Waals surface area contributed by atoms with Crippen LogP contribution < -0.4 is 10.2 Å². The maximum Gasteiger partial charge on any atom is 0.294 e. The Hall–Kier alpha value is -2.15. The summed E-state index contributed by atoms with van der Waals surface area (Å²) in [5, 5.41) is 23.5. The zero-order valence-corrected chi connectivity index (χ0v) is 10.8. The van der Waals surface area contributed by atoms with Gasteiger partial charge in [-0.2, -0.15) is 0 Å². The smallest absolute Gasteiger partial charge is 0.294 e. The molecule has 1 fully saturated rings. The van der Waals surface area contributed by atoms with Crippen molar-refractivity contribution in [2.75, 3.05) is 23.3 Å². The SMILES string of the molecule is O=C1CCc2cc(N3CC[C@H](O)C3)c([N+](=O)[O-])cc2N1. The number of nitro groups is 1. The van der Waals surface area contributed by atoms with Crippen LogP contribution in [-0.4, -0.2) is 35.1 Å². The number of benzene rings is 1. The number of fused-ring (bicyclic) bond motifs is 1. The minimum Gasteiger partial charge on any atom is -0.391 e. The highest BCUT2D eigenvalue weighted by molar-refractivity contribution is 5.95. The first-order valence-corrected chi connectivity index (χ1v) is 6.59. The van der Waals surface area contributed by atoms with Crippen LogP contribution in [0.3, 0.4) is 0 Å². The fourth-order valence-corrected chi connectivity index (χ4v) is 2.76. The lowest BCUT2D eigenvalue weighted by Gasteiger charge is -2.22. The molecular formula is C13H15N3O4. The van der Waals surface area contributed by atoms with Gasteiger partial charge in [-0.05, 0) is 24.5 Å². The third-order valence-corrected chi connectivity index (χ3v) is 3.80. The standard InChI is InChI=1S/C13H15N3O4/c17-9-3-4-15(7-9)11-5-8-1-2-13(18)14-10(8)6-12(11)16(19)20/h5-6,9,17H,1-4,7H2,(H,14,18)/t9-/m0/s1. The molecule has 0 aliphatic carbocycles. The topological polar surface area (TPSA) is 95.7 Å². The van der Waals surface area contributed by atoms with Crippen LogP contribution in [0.4, 0.5) is 17.1 Å². The summed E-state index contributed by atoms with van der Waals surface area (Å²) in [7, 11) is 0. The van der Waals surface area contributed by atoms with Crippen LogP contribution in [0.1, 0.15) is 18.4 Å². The summed E-state index contributed by atoms with van der Waals surface area (Å²) in [6.45, 7) is 1.01. The van der Waals surface area contributed by atoms with Gasteiger partial charge < -0.3 is 15.3 Å². The number of aliphatic hydroxyl groups is 1. The van der Waals surface area contributed by atoms with Crippen molar-refractivity contribution in [2.24, 2.45) is 0 Å². The van der Waals surface area contributed by atoms with Crippen LogP contribution >= 0.6 is 0 Å². The molecule has 1 aromatic rings. The zero-order chi connectivity index (χ0) is 14.3. The highest BCUT2D eigenvalue weighted by Crippen LogP contribution is 2.37. The van der Waals surface area contributed by atoms with Crippen LogP contribution in [0, 0.1) is 10.1 Å². The number of amides is 1. The van der Waals surface area contributed by atoms with E-state index in [4.69, 9.17) is 0 Å². The first-order chi connectivity index (χ1) is 9.54. The average Bonchev–Trinajstić information content (AvgIpc) is 2.83. The maximum atomic E-state index is 11.4. The molecule has 7 nitrogen and oxygen atoms in total. The molecule has 3 rings (SSSR count). The Morgan fingerprint density at radius 3 is 2.85 bits per heavy atom. The van der Waals surface area contributed by atoms with E-state index in [0.717, 1.165) is 5.56 Å². The number of rotatable bonds is 2. The van der Waals surface area contributed by atoms with Gasteiger partial charge in [-0.15, -0.1) is 0 Å². The third-order valence-electron chi connectivity index (χ3n) is 3.80. The normalized spacial score (nSPS) is 21.6. The van der Waals surface area contributed by atoms with Crippen molar-refractivity contribution in [3.8, 4) is 0 Å². The molecule has 0 radical (unpaired) electrons. The van der Waals surface area contributed by atoms with E-state index in [-0.39, 0.29) is 11.6 Å². The largest absolute Gasteiger partial charge is 0.391 e. The predicted octanol–water partition coefficient (Wildman–Crippen LogP) is 1.05. The molecule has 2 aliphatic heterocycles. The van der Waals surface area contributed by atoms with Crippen molar-refractivity contribution in [1.82, 2.24) is 0 Å². The number of aryl methyl sites for hydroxylation is 1. The van der Waals surface area contributed by atoms with E-state index in [0.29, 0.717) is 43.7 Å². The molecule has 106 valence electrons. The lowest BCUT2D eigenvalue weighted by Crippen LogP contribution is -2.24. The Morgan fingerprint density at radius 2 is 2.20 bits per heavy atom. The number of carbonyl (C=O) groups is 1. The van der Waals surface area contributed by atoms with Gasteiger partial charge in [0, 0.05) is 25.6 Å². The molecule has 0 aromatic heterocycles. The first kappa shape index (κ1) is 12.9. The number of anilines is 2. The second-order valence-electron chi connectivity index (χ2n) is 5.19. The zero-order valence-electron chi connectivity index (χ0n) is 10.8. The number of nitrogens with one attached hydrogen (secondary N) is 1. The predicted molar refractivity (Wildman–Crippen MR) is 72.9 cm³/mol. The van der Waals surface area contributed by atoms with Crippen molar-refractivity contribution in [3.05, 3.63) is 27.8 Å². The second-order valence-corrected chi connectivity index (χ2v) is 5.19. The van der Waals surface area contributed by atoms with Gasteiger partial charge in [0.15, 0.2) is 0 Å². The van der Waals surface area contributed by atoms with E-state index in [1.54, 1.807) is 6.07 Å². The lowest BCUT2D eigenvalue weighted by atomic mass is 10.0. The Labute approximate surface area is 115 Å². The van der Waals surface area contributed by atoms with E-state index in [1.165, 1.54) is 6.07 Å². The first-order valence-electron chi connectivity index (χ1n) is 6.59. The van der Waals surface area contributed by atoms with Crippen LogP contribution in [0.2, 0.25) is 0 Å². The number of nitro benzene ring substituents is 1. The Kier molecular flexibility index (Phi) is 3.06. The quantitative estimate of drug-likeness (QED) is 0.622. The van der Waals surface area contributed by atoms with Crippen LogP contribution in [0.25, 0.3) is 0 Å². The van der Waals surface area contributed by atoms with Crippen molar-refractivity contribution in [2.45, 2.75) is 25.4 Å². The summed E-state index contributed by atoms with van der Waals surface area (Å²) in [4.78, 5) is 24.0. The van der Waals surface area contributed by atoms with Crippen LogP contribution in [0.5, 0.6) is 0 Å². The van der Waals surface area contributed by atoms with Gasteiger partial charge >= 0.3 is 0 Å². The summed E-state index contributed by atoms with van der Waals surface area (Å²) in [5.74, 6) is -0.115. The summed E-state index contributed by atoms with van der Waals surface area (Å²) in [6, 6.07) is 3.19. The Balaban J connectivity index is 2.04. The molecule has 1 amide bonds. The molecule has 1 atom stereocenters. The van der Waals surface area contributed by atoms with Crippen LogP contribution in [0.15, 0.2) is 12.1 Å². The van der Waals surface area contributed by atoms with Gasteiger partial charge in [-0.25, -0.2) is 0 Å². The average molecular weight is 277 g/mol. The number of hydrogen-bond acceptors (Lipinski definition) is 5. The summed E-state index contributed by atoms with van der Waals surface area (Å²) in [5.41, 5.74) is 1.93. The number of carbonyl (C=O) groups excluding carboxylic acids is 1. The van der Waals surface area contributed by atoms with Gasteiger partial charge in [0.1, 0.15) is 5.69 Å². The van der Waals surface area contributed by atoms with E-state index in [9.17, 15) is 20.0 Å². The highest BCUT2D eigenvalue weighted by atomic mass is 16.6. The summed E-state index contributed by atoms with van der Waals surface area (Å²) in [6.07, 6.45) is 1.16. The van der Waals surface area contributed by atoms with E-state index < -0.39 is 11.0 Å². The number of nitrogens with zero attached hydrogens (tertiary/aromatic N) is 2. The van der Waals surface area contributed by atoms with Crippen molar-refractivity contribution in [1.29, 1.82) is 0 Å². The van der Waals surface area contributed by atoms with E-state index in [2.05, 4.69) is 5.32 Å². The Morgan fingerprint density at radius 1 is 1.40 bits per heavy atom. The fraction of sp³-hybridized carbons (Fsp3) is 0.462. The Bertz CT molecular complexity index is 587. The molecule has 2 aliphatic rings. The molecular weight excluding hydrogens is 262 g/mol. The highest BCUT2D eigenvalue weighted by Gasteiger charge is 2.29. The molecule has 0 spiro atoms. The summed E-state index contributed by atoms with van der Waals surface area (Å²) >= 11 is 0. The van der Waals surface area contributed by atoms with Gasteiger partial charge in [0.25, 0.3) is 5.69 Å². The molecule has 1 aromatic carbocycles. The van der Waals surface area contributed by atoms with Gasteiger partial charge in [-0.1, -0.05) is 0 Å². The number of hydrogen-bond donors (Lipinski definition) is 2. The molecule has 0 saturated carbocycles. The molecule has 0 bridgehead atoms. The number of β-amino-alcohol motifs (C(OH)–C–C–N with tert-alkyl or cyclic N) is 1. The molecule has 0 unspecified atom stereocenters. The second kappa shape index (κ2) is 4.75. The lowest BCUT2D eigenvalue weighted by molar-refractivity contribution is -0.384. The van der Waals surface area contributed by atoms with E-state index >= 15 is 0 Å². The summed E-state index contributed by atoms with van der Waals surface area (Å²) < 4.78 is 0. The third kappa shape index (κ3) is 2.20. The molecule has 20 heavy (non-hydrogen) atoms. The number of aliphatic hydroxyl groups excluding tert-OH is 1. The minimum atomic E-state index is -0.443. The van der Waals surface area contributed by atoms with Crippen molar-refractivity contribution in [3.63, 3.8) is 0 Å². The van der Waals surface area contributed by atoms with Gasteiger partial charge in [-0.3, -0.25) is 14.9 Å². The molecule has 7 heteroatoms. The van der Waals surface area contributed by atoms with Gasteiger partial charge in [0.05, 0.1) is 16.7 Å². The molecule has 1 saturated heterocycles. The van der Waals surface area contributed by atoms with Crippen LogP contribution in [-0.2, 0) is 11.2 Å². The van der Waals surface area contributed by atoms with Crippen molar-refractivity contribution < 1.29 is 14.8 Å². The van der Waals surface area contributed by atoms with Gasteiger partial charge in [0.2, 0.25) is 5.91 Å². The molecule has 2 heterocycles. The minimum absolute atomic E-state index is 0.0277. The maximum absolute atomic E-state index is 11.4. The molecule has 2 N–H and O–H groups in total. The monoisotopic (exact) mass is 277 g/mol. The van der Waals surface area contributed by atoms with Crippen molar-refractivity contribution >= 4 is 23.0 Å².